The molecule has 1 heterocycles. The number of para-hydroxylation sites is 1. The lowest BCUT2D eigenvalue weighted by Gasteiger charge is -2.16. The van der Waals surface area contributed by atoms with E-state index in [1.165, 1.54) is 0 Å². The second kappa shape index (κ2) is 8.04. The highest BCUT2D eigenvalue weighted by Crippen LogP contribution is 2.29. The minimum Gasteiger partial charge on any atom is -0.507 e. The second-order valence-corrected chi connectivity index (χ2v) is 6.84. The van der Waals surface area contributed by atoms with Crippen LogP contribution in [-0.4, -0.2) is 14.7 Å². The van der Waals surface area contributed by atoms with Gasteiger partial charge in [0.05, 0.1) is 5.69 Å². The van der Waals surface area contributed by atoms with E-state index in [1.54, 1.807) is 22.8 Å². The van der Waals surface area contributed by atoms with Crippen molar-refractivity contribution in [2.24, 2.45) is 0 Å². The number of hydrogen-bond donors (Lipinski definition) is 1. The fraction of sp³-hybridized carbons (Fsp3) is 0.217. The zero-order valence-electron chi connectivity index (χ0n) is 15.8. The summed E-state index contributed by atoms with van der Waals surface area (Å²) in [5, 5.41) is 10.3. The molecular weight excluding hydrogens is 336 g/mol. The summed E-state index contributed by atoms with van der Waals surface area (Å²) in [6.07, 6.45) is 1.28. The van der Waals surface area contributed by atoms with Gasteiger partial charge < -0.3 is 5.11 Å². The van der Waals surface area contributed by atoms with Crippen LogP contribution in [0.4, 0.5) is 0 Å². The Balaban J connectivity index is 2.12. The highest BCUT2D eigenvalue weighted by molar-refractivity contribution is 5.69. The van der Waals surface area contributed by atoms with E-state index in [-0.39, 0.29) is 11.3 Å². The number of hydrogen-bond acceptors (Lipinski definition) is 3. The lowest BCUT2D eigenvalue weighted by atomic mass is 9.99. The van der Waals surface area contributed by atoms with Gasteiger partial charge in [0, 0.05) is 17.7 Å². The van der Waals surface area contributed by atoms with Crippen LogP contribution in [0.1, 0.15) is 23.9 Å². The molecule has 27 heavy (non-hydrogen) atoms. The van der Waals surface area contributed by atoms with Crippen LogP contribution < -0.4 is 5.56 Å². The normalized spacial score (nSPS) is 10.7. The summed E-state index contributed by atoms with van der Waals surface area (Å²) >= 11 is 0. The van der Waals surface area contributed by atoms with Gasteiger partial charge in [0.25, 0.3) is 5.56 Å². The molecule has 0 fully saturated rings. The summed E-state index contributed by atoms with van der Waals surface area (Å²) in [6.45, 7) is 8.07. The van der Waals surface area contributed by atoms with Crippen molar-refractivity contribution in [3.05, 3.63) is 94.1 Å². The van der Waals surface area contributed by atoms with Gasteiger partial charge in [0.15, 0.2) is 0 Å². The maximum Gasteiger partial charge on any atom is 0.257 e. The highest BCUT2D eigenvalue weighted by atomic mass is 16.3. The number of aromatic hydroxyl groups is 1. The molecule has 0 aliphatic heterocycles. The molecule has 4 heteroatoms. The Labute approximate surface area is 159 Å². The summed E-state index contributed by atoms with van der Waals surface area (Å²) in [6, 6.07) is 17.1. The Hall–Kier alpha value is -3.14. The van der Waals surface area contributed by atoms with Crippen molar-refractivity contribution in [3.8, 4) is 17.0 Å². The van der Waals surface area contributed by atoms with Gasteiger partial charge in [-0.2, -0.15) is 0 Å². The van der Waals surface area contributed by atoms with Crippen LogP contribution in [0.2, 0.25) is 0 Å². The maximum absolute atomic E-state index is 13.3. The number of allylic oxidation sites excluding steroid dienone is 1. The standard InChI is InChI=1S/C23H24N2O2/c1-16(2)15-25-17(3)24-22(19-11-7-8-12-21(19)26)20(23(25)27)14-13-18-9-5-4-6-10-18/h4-12,26H,1,13-15H2,2-3H3. The predicted molar refractivity (Wildman–Crippen MR) is 109 cm³/mol. The molecule has 0 atom stereocenters. The van der Waals surface area contributed by atoms with Crippen molar-refractivity contribution < 1.29 is 5.11 Å². The first-order valence-electron chi connectivity index (χ1n) is 9.04. The smallest absolute Gasteiger partial charge is 0.257 e. The van der Waals surface area contributed by atoms with Crippen molar-refractivity contribution >= 4 is 0 Å². The van der Waals surface area contributed by atoms with Crippen LogP contribution in [0.15, 0.2) is 71.5 Å². The van der Waals surface area contributed by atoms with Crippen LogP contribution in [0, 0.1) is 6.92 Å². The third kappa shape index (κ3) is 4.17. The average molecular weight is 360 g/mol. The van der Waals surface area contributed by atoms with Crippen molar-refractivity contribution in [2.45, 2.75) is 33.2 Å². The van der Waals surface area contributed by atoms with Crippen LogP contribution in [0.25, 0.3) is 11.3 Å². The van der Waals surface area contributed by atoms with Gasteiger partial charge in [-0.05, 0) is 44.4 Å². The number of nitrogens with zero attached hydrogens (tertiary/aromatic N) is 2. The zero-order valence-corrected chi connectivity index (χ0v) is 15.8. The van der Waals surface area contributed by atoms with E-state index in [1.807, 2.05) is 50.2 Å². The first kappa shape index (κ1) is 18.6. The number of aromatic nitrogens is 2. The van der Waals surface area contributed by atoms with E-state index < -0.39 is 0 Å². The molecule has 0 saturated carbocycles. The Morgan fingerprint density at radius 3 is 2.41 bits per heavy atom. The summed E-state index contributed by atoms with van der Waals surface area (Å²) in [4.78, 5) is 17.9. The molecule has 3 aromatic rings. The van der Waals surface area contributed by atoms with Crippen molar-refractivity contribution in [1.82, 2.24) is 9.55 Å². The fourth-order valence-corrected chi connectivity index (χ4v) is 3.19. The van der Waals surface area contributed by atoms with E-state index in [0.717, 1.165) is 17.6 Å². The molecule has 1 N–H and O–H groups in total. The molecule has 0 aliphatic carbocycles. The fourth-order valence-electron chi connectivity index (χ4n) is 3.19. The number of rotatable bonds is 6. The first-order chi connectivity index (χ1) is 13.0. The molecule has 138 valence electrons. The Morgan fingerprint density at radius 2 is 1.74 bits per heavy atom. The number of phenols is 1. The van der Waals surface area contributed by atoms with Gasteiger partial charge in [-0.15, -0.1) is 0 Å². The van der Waals surface area contributed by atoms with Crippen LogP contribution >= 0.6 is 0 Å². The molecule has 0 aliphatic rings. The summed E-state index contributed by atoms with van der Waals surface area (Å²) in [5.41, 5.74) is 3.75. The van der Waals surface area contributed by atoms with Gasteiger partial charge >= 0.3 is 0 Å². The molecular formula is C23H24N2O2. The summed E-state index contributed by atoms with van der Waals surface area (Å²) in [5.74, 6) is 0.743. The van der Waals surface area contributed by atoms with E-state index >= 15 is 0 Å². The molecule has 0 radical (unpaired) electrons. The van der Waals surface area contributed by atoms with E-state index in [2.05, 4.69) is 6.58 Å². The molecule has 1 aromatic heterocycles. The van der Waals surface area contributed by atoms with Gasteiger partial charge in [-0.3, -0.25) is 9.36 Å². The van der Waals surface area contributed by atoms with E-state index in [4.69, 9.17) is 4.98 Å². The lowest BCUT2D eigenvalue weighted by Crippen LogP contribution is -2.29. The molecule has 4 nitrogen and oxygen atoms in total. The first-order valence-corrected chi connectivity index (χ1v) is 9.04. The molecule has 0 unspecified atom stereocenters. The highest BCUT2D eigenvalue weighted by Gasteiger charge is 2.18. The minimum atomic E-state index is -0.0697. The maximum atomic E-state index is 13.3. The zero-order chi connectivity index (χ0) is 19.4. The third-order valence-electron chi connectivity index (χ3n) is 4.55. The number of phenolic OH excluding ortho intramolecular Hbond substituents is 1. The molecule has 0 amide bonds. The summed E-state index contributed by atoms with van der Waals surface area (Å²) in [7, 11) is 0. The van der Waals surface area contributed by atoms with Crippen molar-refractivity contribution in [3.63, 3.8) is 0 Å². The van der Waals surface area contributed by atoms with Crippen LogP contribution in [-0.2, 0) is 19.4 Å². The Morgan fingerprint density at radius 1 is 1.07 bits per heavy atom. The van der Waals surface area contributed by atoms with E-state index in [0.29, 0.717) is 35.6 Å². The predicted octanol–water partition coefficient (Wildman–Crippen LogP) is 4.29. The molecule has 0 saturated heterocycles. The Bertz CT molecular complexity index is 1020. The Kier molecular flexibility index (Phi) is 5.55. The van der Waals surface area contributed by atoms with Crippen molar-refractivity contribution in [2.75, 3.05) is 0 Å². The molecule has 0 bridgehead atoms. The molecule has 2 aromatic carbocycles. The molecule has 3 rings (SSSR count). The topological polar surface area (TPSA) is 55.1 Å². The summed E-state index contributed by atoms with van der Waals surface area (Å²) < 4.78 is 1.66. The second-order valence-electron chi connectivity index (χ2n) is 6.84. The SMILES string of the molecule is C=C(C)Cn1c(C)nc(-c2ccccc2O)c(CCc2ccccc2)c1=O. The number of aryl methyl sites for hydroxylation is 2. The van der Waals surface area contributed by atoms with Crippen LogP contribution in [0.5, 0.6) is 5.75 Å². The van der Waals surface area contributed by atoms with Crippen LogP contribution in [0.3, 0.4) is 0 Å². The van der Waals surface area contributed by atoms with E-state index in [9.17, 15) is 9.90 Å². The lowest BCUT2D eigenvalue weighted by molar-refractivity contribution is 0.477. The quantitative estimate of drug-likeness (QED) is 0.667. The van der Waals surface area contributed by atoms with Gasteiger partial charge in [0.2, 0.25) is 0 Å². The molecule has 0 spiro atoms. The van der Waals surface area contributed by atoms with Gasteiger partial charge in [0.1, 0.15) is 11.6 Å². The average Bonchev–Trinajstić information content (AvgIpc) is 2.65. The van der Waals surface area contributed by atoms with Gasteiger partial charge in [-0.1, -0.05) is 54.6 Å². The third-order valence-corrected chi connectivity index (χ3v) is 4.55. The minimum absolute atomic E-state index is 0.0697. The number of benzene rings is 2. The largest absolute Gasteiger partial charge is 0.507 e. The monoisotopic (exact) mass is 360 g/mol. The van der Waals surface area contributed by atoms with Gasteiger partial charge in [-0.25, -0.2) is 4.98 Å². The van der Waals surface area contributed by atoms with Crippen molar-refractivity contribution in [1.29, 1.82) is 0 Å².